The average Bonchev–Trinajstić information content (AvgIpc) is 2.68. The van der Waals surface area contributed by atoms with Gasteiger partial charge in [-0.15, -0.1) is 0 Å². The Kier molecular flexibility index (Phi) is 2.92. The van der Waals surface area contributed by atoms with Gasteiger partial charge in [-0.05, 0) is 0 Å². The molecule has 94 valence electrons. The van der Waals surface area contributed by atoms with E-state index in [2.05, 4.69) is 15.1 Å². The van der Waals surface area contributed by atoms with Crippen LogP contribution < -0.4 is 5.73 Å². The first-order valence-electron chi connectivity index (χ1n) is 5.31. The Morgan fingerprint density at radius 2 is 2.17 bits per heavy atom. The van der Waals surface area contributed by atoms with Crippen molar-refractivity contribution in [2.24, 2.45) is 0 Å². The summed E-state index contributed by atoms with van der Waals surface area (Å²) in [6.07, 6.45) is 4.41. The van der Waals surface area contributed by atoms with E-state index in [-0.39, 0.29) is 17.4 Å². The standard InChI is InChI=1S/C10H12N6O2/c1-6(2)8-9(16(17)18)10(11)15(14-8)7-5-12-3-4-13-7/h3-6H,11H2,1-2H3. The highest BCUT2D eigenvalue weighted by atomic mass is 16.6. The number of nitrogen functional groups attached to an aromatic ring is 1. The second-order valence-electron chi connectivity index (χ2n) is 4.01. The molecule has 0 aliphatic carbocycles. The second kappa shape index (κ2) is 4.40. The van der Waals surface area contributed by atoms with Crippen LogP contribution in [0.5, 0.6) is 0 Å². The van der Waals surface area contributed by atoms with Gasteiger partial charge in [-0.2, -0.15) is 9.78 Å². The molecule has 0 bridgehead atoms. The Morgan fingerprint density at radius 1 is 1.44 bits per heavy atom. The Bertz CT molecular complexity index is 578. The zero-order valence-electron chi connectivity index (χ0n) is 9.94. The van der Waals surface area contributed by atoms with E-state index >= 15 is 0 Å². The minimum atomic E-state index is -0.523. The first-order chi connectivity index (χ1) is 8.52. The third-order valence-corrected chi connectivity index (χ3v) is 2.42. The van der Waals surface area contributed by atoms with Crippen LogP contribution >= 0.6 is 0 Å². The molecule has 18 heavy (non-hydrogen) atoms. The highest BCUT2D eigenvalue weighted by Gasteiger charge is 2.28. The van der Waals surface area contributed by atoms with Crippen LogP contribution in [0.2, 0.25) is 0 Å². The minimum absolute atomic E-state index is 0.0378. The minimum Gasteiger partial charge on any atom is -0.378 e. The smallest absolute Gasteiger partial charge is 0.334 e. The SMILES string of the molecule is CC(C)c1nn(-c2cnccn2)c(N)c1[N+](=O)[O-]. The molecule has 0 amide bonds. The predicted octanol–water partition coefficient (Wildman–Crippen LogP) is 1.28. The summed E-state index contributed by atoms with van der Waals surface area (Å²) in [6, 6.07) is 0. The summed E-state index contributed by atoms with van der Waals surface area (Å²) in [5.74, 6) is 0.208. The fourth-order valence-corrected chi connectivity index (χ4v) is 1.59. The normalized spacial score (nSPS) is 10.8. The van der Waals surface area contributed by atoms with E-state index in [4.69, 9.17) is 5.73 Å². The lowest BCUT2D eigenvalue weighted by molar-refractivity contribution is -0.384. The van der Waals surface area contributed by atoms with Crippen molar-refractivity contribution in [1.82, 2.24) is 19.7 Å². The van der Waals surface area contributed by atoms with Gasteiger partial charge < -0.3 is 5.73 Å². The number of hydrogen-bond acceptors (Lipinski definition) is 6. The topological polar surface area (TPSA) is 113 Å². The fourth-order valence-electron chi connectivity index (χ4n) is 1.59. The molecule has 2 N–H and O–H groups in total. The lowest BCUT2D eigenvalue weighted by Crippen LogP contribution is -2.05. The van der Waals surface area contributed by atoms with Gasteiger partial charge in [0.15, 0.2) is 5.82 Å². The van der Waals surface area contributed by atoms with E-state index in [0.717, 1.165) is 0 Å². The van der Waals surface area contributed by atoms with Crippen LogP contribution in [-0.4, -0.2) is 24.7 Å². The summed E-state index contributed by atoms with van der Waals surface area (Å²) >= 11 is 0. The maximum absolute atomic E-state index is 11.0. The van der Waals surface area contributed by atoms with Crippen LogP contribution in [0, 0.1) is 10.1 Å². The Hall–Kier alpha value is -2.51. The molecule has 2 rings (SSSR count). The van der Waals surface area contributed by atoms with E-state index in [9.17, 15) is 10.1 Å². The second-order valence-corrected chi connectivity index (χ2v) is 4.01. The monoisotopic (exact) mass is 248 g/mol. The van der Waals surface area contributed by atoms with Crippen molar-refractivity contribution in [2.75, 3.05) is 5.73 Å². The molecule has 8 nitrogen and oxygen atoms in total. The summed E-state index contributed by atoms with van der Waals surface area (Å²) in [7, 11) is 0. The van der Waals surface area contributed by atoms with Crippen molar-refractivity contribution >= 4 is 11.5 Å². The van der Waals surface area contributed by atoms with Crippen molar-refractivity contribution in [1.29, 1.82) is 0 Å². The molecular weight excluding hydrogens is 236 g/mol. The largest absolute Gasteiger partial charge is 0.378 e. The van der Waals surface area contributed by atoms with Crippen LogP contribution in [0.4, 0.5) is 11.5 Å². The van der Waals surface area contributed by atoms with Crippen LogP contribution in [0.15, 0.2) is 18.6 Å². The van der Waals surface area contributed by atoms with Gasteiger partial charge in [-0.3, -0.25) is 15.1 Å². The van der Waals surface area contributed by atoms with Gasteiger partial charge in [0.05, 0.1) is 11.1 Å². The lowest BCUT2D eigenvalue weighted by Gasteiger charge is -1.99. The molecule has 0 unspecified atom stereocenters. The number of hydrogen-bond donors (Lipinski definition) is 1. The Labute approximate surface area is 103 Å². The molecule has 0 aliphatic rings. The van der Waals surface area contributed by atoms with Crippen molar-refractivity contribution < 1.29 is 4.92 Å². The molecule has 2 heterocycles. The maximum Gasteiger partial charge on any atom is 0.334 e. The molecule has 0 saturated carbocycles. The summed E-state index contributed by atoms with van der Waals surface area (Å²) in [5, 5.41) is 15.2. The number of aromatic nitrogens is 4. The van der Waals surface area contributed by atoms with E-state index in [1.54, 1.807) is 0 Å². The maximum atomic E-state index is 11.0. The first kappa shape index (κ1) is 12.0. The molecule has 2 aromatic heterocycles. The van der Waals surface area contributed by atoms with Crippen molar-refractivity contribution in [3.8, 4) is 5.82 Å². The number of nitrogens with two attached hydrogens (primary N) is 1. The summed E-state index contributed by atoms with van der Waals surface area (Å²) in [5.41, 5.74) is 5.93. The highest BCUT2D eigenvalue weighted by Crippen LogP contribution is 2.32. The molecule has 0 aromatic carbocycles. The predicted molar refractivity (Wildman–Crippen MR) is 64.3 cm³/mol. The molecule has 0 saturated heterocycles. The van der Waals surface area contributed by atoms with Gasteiger partial charge in [-0.1, -0.05) is 13.8 Å². The van der Waals surface area contributed by atoms with Gasteiger partial charge in [0.1, 0.15) is 5.69 Å². The summed E-state index contributed by atoms with van der Waals surface area (Å²) in [4.78, 5) is 18.4. The quantitative estimate of drug-likeness (QED) is 0.646. The molecule has 8 heteroatoms. The highest BCUT2D eigenvalue weighted by molar-refractivity contribution is 5.59. The zero-order valence-corrected chi connectivity index (χ0v) is 9.94. The Morgan fingerprint density at radius 3 is 2.61 bits per heavy atom. The number of nitrogens with zero attached hydrogens (tertiary/aromatic N) is 5. The fraction of sp³-hybridized carbons (Fsp3) is 0.300. The third kappa shape index (κ3) is 1.88. The molecule has 0 atom stereocenters. The molecule has 2 aromatic rings. The van der Waals surface area contributed by atoms with Crippen molar-refractivity contribution in [2.45, 2.75) is 19.8 Å². The number of nitro groups is 1. The Balaban J connectivity index is 2.64. The average molecular weight is 248 g/mol. The van der Waals surface area contributed by atoms with Gasteiger partial charge in [0.2, 0.25) is 5.82 Å². The van der Waals surface area contributed by atoms with Crippen LogP contribution in [-0.2, 0) is 0 Å². The van der Waals surface area contributed by atoms with E-state index in [1.165, 1.54) is 23.3 Å². The van der Waals surface area contributed by atoms with E-state index in [1.807, 2.05) is 13.8 Å². The van der Waals surface area contributed by atoms with E-state index in [0.29, 0.717) is 11.5 Å². The van der Waals surface area contributed by atoms with Crippen LogP contribution in [0.1, 0.15) is 25.5 Å². The molecule has 0 radical (unpaired) electrons. The number of anilines is 1. The van der Waals surface area contributed by atoms with Gasteiger partial charge in [-0.25, -0.2) is 4.98 Å². The molecule has 0 aliphatic heterocycles. The zero-order chi connectivity index (χ0) is 13.3. The number of rotatable bonds is 3. The summed E-state index contributed by atoms with van der Waals surface area (Å²) < 4.78 is 1.24. The van der Waals surface area contributed by atoms with Crippen molar-refractivity contribution in [3.63, 3.8) is 0 Å². The molecule has 0 spiro atoms. The van der Waals surface area contributed by atoms with E-state index < -0.39 is 4.92 Å². The van der Waals surface area contributed by atoms with Gasteiger partial charge >= 0.3 is 5.69 Å². The summed E-state index contributed by atoms with van der Waals surface area (Å²) in [6.45, 7) is 3.63. The molecule has 0 fully saturated rings. The molecular formula is C10H12N6O2. The first-order valence-corrected chi connectivity index (χ1v) is 5.31. The van der Waals surface area contributed by atoms with Gasteiger partial charge in [0.25, 0.3) is 0 Å². The van der Waals surface area contributed by atoms with Crippen LogP contribution in [0.3, 0.4) is 0 Å². The van der Waals surface area contributed by atoms with Gasteiger partial charge in [0, 0.05) is 18.3 Å². The van der Waals surface area contributed by atoms with Crippen molar-refractivity contribution in [3.05, 3.63) is 34.4 Å². The lowest BCUT2D eigenvalue weighted by atomic mass is 10.1. The van der Waals surface area contributed by atoms with Crippen LogP contribution in [0.25, 0.3) is 5.82 Å². The third-order valence-electron chi connectivity index (χ3n) is 2.42.